The van der Waals surface area contributed by atoms with Crippen LogP contribution in [0.2, 0.25) is 0 Å². The summed E-state index contributed by atoms with van der Waals surface area (Å²) in [5, 5.41) is 7.22. The summed E-state index contributed by atoms with van der Waals surface area (Å²) in [5.41, 5.74) is 4.61. The van der Waals surface area contributed by atoms with Crippen molar-refractivity contribution in [2.75, 3.05) is 38.5 Å². The lowest BCUT2D eigenvalue weighted by molar-refractivity contribution is 0.0628. The largest absolute Gasteiger partial charge is 0.388 e. The summed E-state index contributed by atoms with van der Waals surface area (Å²) in [6, 6.07) is 19.5. The number of hydrogen-bond acceptors (Lipinski definition) is 7. The lowest BCUT2D eigenvalue weighted by atomic mass is 10.1. The van der Waals surface area contributed by atoms with Crippen molar-refractivity contribution in [2.45, 2.75) is 6.54 Å². The number of rotatable bonds is 6. The number of benzene rings is 2. The molecule has 0 atom stereocenters. The molecule has 0 unspecified atom stereocenters. The molecule has 0 spiro atoms. The molecule has 172 valence electrons. The van der Waals surface area contributed by atoms with E-state index in [9.17, 15) is 4.79 Å². The second kappa shape index (κ2) is 9.84. The highest BCUT2D eigenvalue weighted by Crippen LogP contribution is 2.23. The number of pyridine rings is 1. The minimum Gasteiger partial charge on any atom is -0.388 e. The molecule has 0 bridgehead atoms. The zero-order chi connectivity index (χ0) is 23.3. The summed E-state index contributed by atoms with van der Waals surface area (Å²) in [5.74, 6) is 1.10. The van der Waals surface area contributed by atoms with Crippen LogP contribution < -0.4 is 5.32 Å². The third kappa shape index (κ3) is 4.82. The van der Waals surface area contributed by atoms with Gasteiger partial charge in [0, 0.05) is 69.0 Å². The van der Waals surface area contributed by atoms with Gasteiger partial charge >= 0.3 is 0 Å². The monoisotopic (exact) mass is 454 g/mol. The molecule has 5 rings (SSSR count). The maximum Gasteiger partial charge on any atom is 0.259 e. The molecule has 1 saturated heterocycles. The number of carbonyl (C=O) groups excluding carboxylic acids is 1. The van der Waals surface area contributed by atoms with Crippen molar-refractivity contribution in [1.29, 1.82) is 0 Å². The fourth-order valence-electron chi connectivity index (χ4n) is 4.09. The maximum absolute atomic E-state index is 12.8. The molecule has 1 aliphatic rings. The second-order valence-corrected chi connectivity index (χ2v) is 8.26. The fourth-order valence-corrected chi connectivity index (χ4v) is 4.09. The lowest BCUT2D eigenvalue weighted by Gasteiger charge is -2.34. The first kappa shape index (κ1) is 21.8. The van der Waals surface area contributed by atoms with E-state index in [1.165, 1.54) is 5.56 Å². The molecule has 1 amide bonds. The van der Waals surface area contributed by atoms with Gasteiger partial charge in [0.15, 0.2) is 0 Å². The summed E-state index contributed by atoms with van der Waals surface area (Å²) in [4.78, 5) is 25.8. The maximum atomic E-state index is 12.8. The molecule has 2 aromatic carbocycles. The third-order valence-corrected chi connectivity index (χ3v) is 6.01. The Balaban J connectivity index is 1.20. The van der Waals surface area contributed by atoms with Crippen LogP contribution in [0.3, 0.4) is 0 Å². The number of piperazine rings is 1. The quantitative estimate of drug-likeness (QED) is 0.474. The number of carbonyl (C=O) groups is 1. The number of nitrogens with zero attached hydrogens (tertiary/aromatic N) is 5. The molecule has 8 nitrogen and oxygen atoms in total. The minimum atomic E-state index is 0.0887. The first-order valence-electron chi connectivity index (χ1n) is 11.3. The zero-order valence-electron chi connectivity index (χ0n) is 19.0. The fraction of sp³-hybridized carbons (Fsp3) is 0.231. The molecule has 34 heavy (non-hydrogen) atoms. The predicted molar refractivity (Wildman–Crippen MR) is 130 cm³/mol. The van der Waals surface area contributed by atoms with E-state index in [-0.39, 0.29) is 5.91 Å². The van der Waals surface area contributed by atoms with Crippen molar-refractivity contribution in [3.05, 3.63) is 84.2 Å². The Kier molecular flexibility index (Phi) is 6.31. The van der Waals surface area contributed by atoms with Gasteiger partial charge in [0.2, 0.25) is 5.82 Å². The first-order valence-corrected chi connectivity index (χ1v) is 11.3. The van der Waals surface area contributed by atoms with Crippen LogP contribution in [0.1, 0.15) is 15.9 Å². The summed E-state index contributed by atoms with van der Waals surface area (Å²) in [6.45, 7) is 3.90. The van der Waals surface area contributed by atoms with Crippen LogP contribution in [0.4, 0.5) is 5.69 Å². The Hall–Kier alpha value is -4.04. The summed E-state index contributed by atoms with van der Waals surface area (Å²) >= 11 is 0. The van der Waals surface area contributed by atoms with Crippen molar-refractivity contribution >= 4 is 11.6 Å². The topological polar surface area (TPSA) is 87.4 Å². The molecule has 1 fully saturated rings. The van der Waals surface area contributed by atoms with Crippen LogP contribution in [0.25, 0.3) is 22.8 Å². The highest BCUT2D eigenvalue weighted by atomic mass is 16.5. The molecule has 3 heterocycles. The van der Waals surface area contributed by atoms with Gasteiger partial charge in [-0.1, -0.05) is 23.4 Å². The molecule has 0 saturated carbocycles. The summed E-state index contributed by atoms with van der Waals surface area (Å²) < 4.78 is 5.43. The molecule has 1 N–H and O–H groups in total. The highest BCUT2D eigenvalue weighted by Gasteiger charge is 2.22. The predicted octanol–water partition coefficient (Wildman–Crippen LogP) is 3.80. The number of aromatic nitrogens is 3. The van der Waals surface area contributed by atoms with Crippen molar-refractivity contribution in [3.8, 4) is 22.8 Å². The number of nitrogens with one attached hydrogen (secondary N) is 1. The smallest absolute Gasteiger partial charge is 0.259 e. The van der Waals surface area contributed by atoms with Crippen LogP contribution in [-0.2, 0) is 6.54 Å². The second-order valence-electron chi connectivity index (χ2n) is 8.26. The Morgan fingerprint density at radius 2 is 1.79 bits per heavy atom. The highest BCUT2D eigenvalue weighted by molar-refractivity contribution is 5.94. The van der Waals surface area contributed by atoms with Gasteiger partial charge in [-0.05, 0) is 48.0 Å². The molecule has 1 aliphatic heterocycles. The van der Waals surface area contributed by atoms with Gasteiger partial charge in [-0.2, -0.15) is 4.98 Å². The zero-order valence-corrected chi connectivity index (χ0v) is 19.0. The van der Waals surface area contributed by atoms with Crippen LogP contribution in [-0.4, -0.2) is 64.1 Å². The van der Waals surface area contributed by atoms with E-state index < -0.39 is 0 Å². The van der Waals surface area contributed by atoms with Gasteiger partial charge in [0.1, 0.15) is 0 Å². The Labute approximate surface area is 198 Å². The number of amides is 1. The Bertz CT molecular complexity index is 1250. The molecule has 0 radical (unpaired) electrons. The summed E-state index contributed by atoms with van der Waals surface area (Å²) in [7, 11) is 1.87. The van der Waals surface area contributed by atoms with E-state index in [2.05, 4.69) is 37.5 Å². The van der Waals surface area contributed by atoms with Gasteiger partial charge in [-0.15, -0.1) is 0 Å². The van der Waals surface area contributed by atoms with E-state index in [0.717, 1.165) is 42.0 Å². The van der Waals surface area contributed by atoms with Crippen molar-refractivity contribution < 1.29 is 9.32 Å². The molecule has 8 heteroatoms. The van der Waals surface area contributed by atoms with Gasteiger partial charge in [0.25, 0.3) is 11.8 Å². The van der Waals surface area contributed by atoms with Crippen LogP contribution >= 0.6 is 0 Å². The van der Waals surface area contributed by atoms with Gasteiger partial charge < -0.3 is 14.7 Å². The molecular weight excluding hydrogens is 428 g/mol. The van der Waals surface area contributed by atoms with E-state index in [4.69, 9.17) is 4.52 Å². The van der Waals surface area contributed by atoms with Crippen molar-refractivity contribution in [2.24, 2.45) is 0 Å². The SMILES string of the molecule is CNc1ccc(C(=O)N2CCN(Cc3cccc(-c4noc(-c5cccnc5)n4)c3)CC2)cc1. The average Bonchev–Trinajstić information content (AvgIpc) is 3.40. The Morgan fingerprint density at radius 1 is 1.00 bits per heavy atom. The third-order valence-electron chi connectivity index (χ3n) is 6.01. The van der Waals surface area contributed by atoms with E-state index >= 15 is 0 Å². The van der Waals surface area contributed by atoms with Crippen LogP contribution in [0, 0.1) is 0 Å². The van der Waals surface area contributed by atoms with E-state index in [0.29, 0.717) is 24.8 Å². The van der Waals surface area contributed by atoms with Crippen LogP contribution in [0.15, 0.2) is 77.6 Å². The van der Waals surface area contributed by atoms with Gasteiger partial charge in [0.05, 0.1) is 5.56 Å². The minimum absolute atomic E-state index is 0.0887. The van der Waals surface area contributed by atoms with Crippen molar-refractivity contribution in [1.82, 2.24) is 24.9 Å². The van der Waals surface area contributed by atoms with Gasteiger partial charge in [-0.25, -0.2) is 0 Å². The first-order chi connectivity index (χ1) is 16.7. The van der Waals surface area contributed by atoms with Crippen molar-refractivity contribution in [3.63, 3.8) is 0 Å². The molecule has 0 aliphatic carbocycles. The standard InChI is InChI=1S/C26H26N6O2/c1-27-23-9-7-20(8-10-23)26(33)32-14-12-31(13-15-32)18-19-4-2-5-21(16-19)24-29-25(34-30-24)22-6-3-11-28-17-22/h2-11,16-17,27H,12-15,18H2,1H3. The molecular formula is C26H26N6O2. The van der Waals surface area contributed by atoms with Gasteiger partial charge in [-0.3, -0.25) is 14.7 Å². The Morgan fingerprint density at radius 3 is 2.53 bits per heavy atom. The lowest BCUT2D eigenvalue weighted by Crippen LogP contribution is -2.48. The number of hydrogen-bond donors (Lipinski definition) is 1. The summed E-state index contributed by atoms with van der Waals surface area (Å²) in [6.07, 6.45) is 3.41. The average molecular weight is 455 g/mol. The van der Waals surface area contributed by atoms with Crippen LogP contribution in [0.5, 0.6) is 0 Å². The normalized spacial score (nSPS) is 14.2. The van der Waals surface area contributed by atoms with E-state index in [1.807, 2.05) is 60.5 Å². The molecule has 4 aromatic rings. The van der Waals surface area contributed by atoms with E-state index in [1.54, 1.807) is 12.4 Å². The number of anilines is 1. The molecule has 2 aromatic heterocycles.